The summed E-state index contributed by atoms with van der Waals surface area (Å²) in [4.78, 5) is 12.3. The van der Waals surface area contributed by atoms with Crippen molar-refractivity contribution in [1.29, 1.82) is 0 Å². The van der Waals surface area contributed by atoms with Crippen LogP contribution in [0.1, 0.15) is 18.9 Å². The second-order valence-electron chi connectivity index (χ2n) is 4.93. The molecule has 0 unspecified atom stereocenters. The zero-order valence-corrected chi connectivity index (χ0v) is 14.8. The van der Waals surface area contributed by atoms with Gasteiger partial charge in [0.05, 0.1) is 0 Å². The molecule has 1 amide bonds. The van der Waals surface area contributed by atoms with Crippen LogP contribution in [0, 0.1) is 0 Å². The minimum atomic E-state index is -0.598. The van der Waals surface area contributed by atoms with Crippen molar-refractivity contribution in [2.75, 3.05) is 0 Å². The van der Waals surface area contributed by atoms with Gasteiger partial charge in [-0.25, -0.2) is 0 Å². The van der Waals surface area contributed by atoms with Gasteiger partial charge in [0.1, 0.15) is 5.75 Å². The van der Waals surface area contributed by atoms with Crippen molar-refractivity contribution in [2.45, 2.75) is 26.0 Å². The molecule has 2 rings (SSSR count). The molecule has 0 aliphatic rings. The molecule has 122 valence electrons. The van der Waals surface area contributed by atoms with Crippen molar-refractivity contribution in [3.63, 3.8) is 0 Å². The summed E-state index contributed by atoms with van der Waals surface area (Å²) in [6.07, 6.45) is -0.0632. The van der Waals surface area contributed by atoms with Crippen LogP contribution in [0.4, 0.5) is 0 Å². The van der Waals surface area contributed by atoms with Gasteiger partial charge < -0.3 is 10.1 Å². The Balaban J connectivity index is 1.97. The number of carbonyl (C=O) groups is 1. The fourth-order valence-corrected chi connectivity index (χ4v) is 2.64. The number of benzene rings is 2. The Morgan fingerprint density at radius 2 is 1.87 bits per heavy atom. The lowest BCUT2D eigenvalue weighted by Gasteiger charge is -2.17. The highest BCUT2D eigenvalue weighted by Gasteiger charge is 2.18. The van der Waals surface area contributed by atoms with Gasteiger partial charge in [0, 0.05) is 21.6 Å². The second-order valence-corrected chi connectivity index (χ2v) is 6.21. The number of carbonyl (C=O) groups excluding carboxylic acids is 1. The molecule has 0 bridgehead atoms. The molecular formula is C17H16Cl3NO2. The highest BCUT2D eigenvalue weighted by atomic mass is 35.5. The SMILES string of the molecule is CC[C@@H](Oc1cccc(Cl)c1)C(=O)NCc1ccc(Cl)cc1Cl. The van der Waals surface area contributed by atoms with Gasteiger partial charge in [-0.1, -0.05) is 53.9 Å². The van der Waals surface area contributed by atoms with Crippen molar-refractivity contribution in [3.05, 3.63) is 63.1 Å². The van der Waals surface area contributed by atoms with E-state index >= 15 is 0 Å². The Kier molecular flexibility index (Phi) is 6.58. The molecule has 3 nitrogen and oxygen atoms in total. The van der Waals surface area contributed by atoms with Gasteiger partial charge in [-0.2, -0.15) is 0 Å². The summed E-state index contributed by atoms with van der Waals surface area (Å²) in [7, 11) is 0. The minimum absolute atomic E-state index is 0.210. The Bertz CT molecular complexity index is 691. The smallest absolute Gasteiger partial charge is 0.261 e. The number of nitrogens with one attached hydrogen (secondary N) is 1. The van der Waals surface area contributed by atoms with E-state index in [9.17, 15) is 4.79 Å². The lowest BCUT2D eigenvalue weighted by Crippen LogP contribution is -2.37. The highest BCUT2D eigenvalue weighted by Crippen LogP contribution is 2.21. The summed E-state index contributed by atoms with van der Waals surface area (Å²) >= 11 is 17.9. The number of hydrogen-bond acceptors (Lipinski definition) is 2. The molecule has 0 saturated heterocycles. The third-order valence-corrected chi connectivity index (χ3v) is 4.03. The zero-order chi connectivity index (χ0) is 16.8. The van der Waals surface area contributed by atoms with Crippen molar-refractivity contribution in [1.82, 2.24) is 5.32 Å². The molecule has 0 fully saturated rings. The van der Waals surface area contributed by atoms with Crippen molar-refractivity contribution >= 4 is 40.7 Å². The standard InChI is InChI=1S/C17H16Cl3NO2/c1-2-16(23-14-5-3-4-12(18)8-14)17(22)21-10-11-6-7-13(19)9-15(11)20/h3-9,16H,2,10H2,1H3,(H,21,22)/t16-/m1/s1. The lowest BCUT2D eigenvalue weighted by molar-refractivity contribution is -0.128. The van der Waals surface area contributed by atoms with Crippen LogP contribution < -0.4 is 10.1 Å². The topological polar surface area (TPSA) is 38.3 Å². The molecule has 0 spiro atoms. The third kappa shape index (κ3) is 5.31. The van der Waals surface area contributed by atoms with Gasteiger partial charge in [0.25, 0.3) is 5.91 Å². The number of rotatable bonds is 6. The summed E-state index contributed by atoms with van der Waals surface area (Å²) in [5.74, 6) is 0.350. The van der Waals surface area contributed by atoms with E-state index in [1.54, 1.807) is 42.5 Å². The average Bonchev–Trinajstić information content (AvgIpc) is 2.51. The molecule has 0 heterocycles. The fourth-order valence-electron chi connectivity index (χ4n) is 1.99. The Morgan fingerprint density at radius 3 is 2.52 bits per heavy atom. The van der Waals surface area contributed by atoms with E-state index in [1.807, 2.05) is 6.92 Å². The van der Waals surface area contributed by atoms with Gasteiger partial charge in [-0.3, -0.25) is 4.79 Å². The molecule has 2 aromatic rings. The van der Waals surface area contributed by atoms with Crippen LogP contribution in [-0.2, 0) is 11.3 Å². The quantitative estimate of drug-likeness (QED) is 0.764. The monoisotopic (exact) mass is 371 g/mol. The summed E-state index contributed by atoms with van der Waals surface area (Å²) in [6.45, 7) is 2.19. The van der Waals surface area contributed by atoms with E-state index < -0.39 is 6.10 Å². The average molecular weight is 373 g/mol. The van der Waals surface area contributed by atoms with Crippen molar-refractivity contribution < 1.29 is 9.53 Å². The number of ether oxygens (including phenoxy) is 1. The number of halogens is 3. The van der Waals surface area contributed by atoms with Gasteiger partial charge in [0.15, 0.2) is 6.10 Å². The number of amides is 1. The van der Waals surface area contributed by atoms with E-state index in [0.717, 1.165) is 5.56 Å². The zero-order valence-electron chi connectivity index (χ0n) is 12.5. The predicted octanol–water partition coefficient (Wildman–Crippen LogP) is 5.12. The first-order valence-electron chi connectivity index (χ1n) is 7.13. The van der Waals surface area contributed by atoms with Crippen molar-refractivity contribution in [2.24, 2.45) is 0 Å². The maximum atomic E-state index is 12.3. The van der Waals surface area contributed by atoms with E-state index in [4.69, 9.17) is 39.5 Å². The largest absolute Gasteiger partial charge is 0.481 e. The van der Waals surface area contributed by atoms with E-state index in [0.29, 0.717) is 33.8 Å². The van der Waals surface area contributed by atoms with Crippen LogP contribution in [0.2, 0.25) is 15.1 Å². The summed E-state index contributed by atoms with van der Waals surface area (Å²) in [5.41, 5.74) is 0.794. The normalized spacial score (nSPS) is 11.8. The predicted molar refractivity (Wildman–Crippen MR) is 94.5 cm³/mol. The molecule has 0 aromatic heterocycles. The van der Waals surface area contributed by atoms with E-state index in [2.05, 4.69) is 5.32 Å². The van der Waals surface area contributed by atoms with E-state index in [1.165, 1.54) is 0 Å². The van der Waals surface area contributed by atoms with E-state index in [-0.39, 0.29) is 5.91 Å². The summed E-state index contributed by atoms with van der Waals surface area (Å²) in [5, 5.41) is 4.45. The molecule has 0 radical (unpaired) electrons. The second kappa shape index (κ2) is 8.44. The molecule has 23 heavy (non-hydrogen) atoms. The Morgan fingerprint density at radius 1 is 1.13 bits per heavy atom. The van der Waals surface area contributed by atoms with Crippen LogP contribution in [0.5, 0.6) is 5.75 Å². The van der Waals surface area contributed by atoms with Crippen LogP contribution in [0.25, 0.3) is 0 Å². The minimum Gasteiger partial charge on any atom is -0.481 e. The molecule has 0 saturated carbocycles. The van der Waals surface area contributed by atoms with Gasteiger partial charge in [-0.05, 0) is 42.3 Å². The highest BCUT2D eigenvalue weighted by molar-refractivity contribution is 6.35. The first kappa shape index (κ1) is 17.9. The Hall–Kier alpha value is -1.42. The van der Waals surface area contributed by atoms with Crippen molar-refractivity contribution in [3.8, 4) is 5.75 Å². The van der Waals surface area contributed by atoms with Crippen LogP contribution in [0.15, 0.2) is 42.5 Å². The van der Waals surface area contributed by atoms with Gasteiger partial charge in [0.2, 0.25) is 0 Å². The summed E-state index contributed by atoms with van der Waals surface area (Å²) in [6, 6.07) is 12.1. The molecule has 1 N–H and O–H groups in total. The van der Waals surface area contributed by atoms with Gasteiger partial charge in [-0.15, -0.1) is 0 Å². The Labute approximate surface area is 150 Å². The molecule has 0 aliphatic carbocycles. The first-order valence-corrected chi connectivity index (χ1v) is 8.27. The molecule has 0 aliphatic heterocycles. The maximum absolute atomic E-state index is 12.3. The molecule has 2 aromatic carbocycles. The molecule has 6 heteroatoms. The fraction of sp³-hybridized carbons (Fsp3) is 0.235. The van der Waals surface area contributed by atoms with Gasteiger partial charge >= 0.3 is 0 Å². The summed E-state index contributed by atoms with van der Waals surface area (Å²) < 4.78 is 5.69. The maximum Gasteiger partial charge on any atom is 0.261 e. The van der Waals surface area contributed by atoms with Crippen LogP contribution >= 0.6 is 34.8 Å². The van der Waals surface area contributed by atoms with Crippen LogP contribution in [0.3, 0.4) is 0 Å². The first-order chi connectivity index (χ1) is 11.0. The molecular weight excluding hydrogens is 357 g/mol. The van der Waals surface area contributed by atoms with Crippen LogP contribution in [-0.4, -0.2) is 12.0 Å². The lowest BCUT2D eigenvalue weighted by atomic mass is 10.2. The third-order valence-electron chi connectivity index (χ3n) is 3.21. The molecule has 1 atom stereocenters. The number of hydrogen-bond donors (Lipinski definition) is 1.